The van der Waals surface area contributed by atoms with Crippen LogP contribution in [0.4, 0.5) is 5.69 Å². The van der Waals surface area contributed by atoms with Crippen molar-refractivity contribution in [3.8, 4) is 0 Å². The zero-order valence-corrected chi connectivity index (χ0v) is 18.1. The van der Waals surface area contributed by atoms with Gasteiger partial charge < -0.3 is 10.2 Å². The first-order valence-electron chi connectivity index (χ1n) is 9.66. The molecule has 0 radical (unpaired) electrons. The zero-order valence-electron chi connectivity index (χ0n) is 16.6. The van der Waals surface area contributed by atoms with E-state index in [0.717, 1.165) is 38.4 Å². The lowest BCUT2D eigenvalue weighted by molar-refractivity contribution is -0.130. The smallest absolute Gasteiger partial charge is 0.231 e. The van der Waals surface area contributed by atoms with Crippen LogP contribution < -0.4 is 5.32 Å². The third-order valence-electron chi connectivity index (χ3n) is 5.27. The van der Waals surface area contributed by atoms with Crippen molar-refractivity contribution in [3.63, 3.8) is 0 Å². The second-order valence-corrected chi connectivity index (χ2v) is 8.14. The van der Waals surface area contributed by atoms with Crippen LogP contribution in [0.15, 0.2) is 42.5 Å². The number of benzene rings is 2. The van der Waals surface area contributed by atoms with Crippen LogP contribution in [0.2, 0.25) is 10.0 Å². The molecule has 1 N–H and O–H groups in total. The second kappa shape index (κ2) is 9.61. The van der Waals surface area contributed by atoms with Gasteiger partial charge in [-0.3, -0.25) is 14.5 Å². The second-order valence-electron chi connectivity index (χ2n) is 7.33. The fourth-order valence-corrected chi connectivity index (χ4v) is 4.20. The summed E-state index contributed by atoms with van der Waals surface area (Å²) in [5.41, 5.74) is 2.53. The quantitative estimate of drug-likeness (QED) is 0.759. The molecular weight excluding hydrogens is 409 g/mol. The highest BCUT2D eigenvalue weighted by Gasteiger charge is 2.21. The fraction of sp³-hybridized carbons (Fsp3) is 0.364. The predicted octanol–water partition coefficient (Wildman–Crippen LogP) is 4.40. The van der Waals surface area contributed by atoms with Gasteiger partial charge in [0.15, 0.2) is 0 Å². The first-order chi connectivity index (χ1) is 13.8. The maximum atomic E-state index is 12.6. The summed E-state index contributed by atoms with van der Waals surface area (Å²) < 4.78 is 0. The van der Waals surface area contributed by atoms with Gasteiger partial charge in [-0.1, -0.05) is 41.4 Å². The summed E-state index contributed by atoms with van der Waals surface area (Å²) in [5, 5.41) is 3.90. The van der Waals surface area contributed by atoms with Crippen molar-refractivity contribution in [1.82, 2.24) is 9.80 Å². The molecule has 5 nitrogen and oxygen atoms in total. The number of carbonyl (C=O) groups excluding carboxylic acids is 2. The molecule has 1 aliphatic heterocycles. The van der Waals surface area contributed by atoms with Gasteiger partial charge in [-0.05, 0) is 36.8 Å². The van der Waals surface area contributed by atoms with Gasteiger partial charge in [0.05, 0.1) is 5.92 Å². The van der Waals surface area contributed by atoms with Crippen molar-refractivity contribution < 1.29 is 9.59 Å². The van der Waals surface area contributed by atoms with Gasteiger partial charge >= 0.3 is 0 Å². The molecule has 1 aliphatic rings. The number of rotatable bonds is 5. The van der Waals surface area contributed by atoms with Gasteiger partial charge in [-0.25, -0.2) is 0 Å². The molecule has 1 fully saturated rings. The first-order valence-corrected chi connectivity index (χ1v) is 10.4. The molecule has 3 rings (SSSR count). The van der Waals surface area contributed by atoms with E-state index >= 15 is 0 Å². The number of anilines is 1. The van der Waals surface area contributed by atoms with E-state index in [9.17, 15) is 9.59 Å². The highest BCUT2D eigenvalue weighted by molar-refractivity contribution is 6.36. The van der Waals surface area contributed by atoms with E-state index in [-0.39, 0.29) is 11.8 Å². The molecule has 0 aliphatic carbocycles. The molecule has 1 saturated heterocycles. The summed E-state index contributed by atoms with van der Waals surface area (Å²) >= 11 is 12.4. The number of carbonyl (C=O) groups is 2. The summed E-state index contributed by atoms with van der Waals surface area (Å²) in [6, 6.07) is 13.1. The molecule has 0 saturated carbocycles. The number of nitrogens with zero attached hydrogens (tertiary/aromatic N) is 2. The molecule has 1 atom stereocenters. The Morgan fingerprint density at radius 3 is 2.14 bits per heavy atom. The average molecular weight is 434 g/mol. The van der Waals surface area contributed by atoms with Crippen molar-refractivity contribution in [2.75, 3.05) is 31.5 Å². The molecule has 2 amide bonds. The summed E-state index contributed by atoms with van der Waals surface area (Å²) in [4.78, 5) is 28.3. The normalized spacial score (nSPS) is 15.8. The molecule has 2 aromatic carbocycles. The van der Waals surface area contributed by atoms with Gasteiger partial charge in [0.25, 0.3) is 0 Å². The highest BCUT2D eigenvalue weighted by atomic mass is 35.5. The van der Waals surface area contributed by atoms with Gasteiger partial charge in [0.2, 0.25) is 11.8 Å². The monoisotopic (exact) mass is 433 g/mol. The topological polar surface area (TPSA) is 52.7 Å². The van der Waals surface area contributed by atoms with Crippen LogP contribution in [0.3, 0.4) is 0 Å². The van der Waals surface area contributed by atoms with Crippen LogP contribution in [-0.4, -0.2) is 47.8 Å². The minimum atomic E-state index is -0.464. The third kappa shape index (κ3) is 5.50. The lowest BCUT2D eigenvalue weighted by Gasteiger charge is -2.34. The third-order valence-corrected chi connectivity index (χ3v) is 5.93. The fourth-order valence-electron chi connectivity index (χ4n) is 3.48. The largest absolute Gasteiger partial charge is 0.340 e. The lowest BCUT2D eigenvalue weighted by atomic mass is 10.00. The number of nitrogens with one attached hydrogen (secondary N) is 1. The molecule has 29 heavy (non-hydrogen) atoms. The average Bonchev–Trinajstić information content (AvgIpc) is 2.69. The molecule has 0 bridgehead atoms. The van der Waals surface area contributed by atoms with Crippen molar-refractivity contribution in [1.29, 1.82) is 0 Å². The Bertz CT molecular complexity index is 858. The summed E-state index contributed by atoms with van der Waals surface area (Å²) in [5.74, 6) is -0.487. The number of piperazine rings is 1. The van der Waals surface area contributed by atoms with Crippen molar-refractivity contribution >= 4 is 40.7 Å². The molecule has 0 unspecified atom stereocenters. The molecule has 0 spiro atoms. The van der Waals surface area contributed by atoms with E-state index in [1.54, 1.807) is 32.0 Å². The Morgan fingerprint density at radius 1 is 1.00 bits per heavy atom. The maximum Gasteiger partial charge on any atom is 0.231 e. The summed E-state index contributed by atoms with van der Waals surface area (Å²) in [6.45, 7) is 7.51. The van der Waals surface area contributed by atoms with E-state index in [1.165, 1.54) is 5.56 Å². The standard InChI is InChI=1S/C22H25Cl2N3O2/c1-15(21-19(23)4-3-5-20(21)24)22(29)25-18-8-6-17(7-9-18)14-26-10-12-27(13-11-26)16(2)28/h3-9,15H,10-14H2,1-2H3,(H,25,29)/t15-/m1/s1. The summed E-state index contributed by atoms with van der Waals surface area (Å²) in [6.07, 6.45) is 0. The molecule has 1 heterocycles. The van der Waals surface area contributed by atoms with E-state index < -0.39 is 5.92 Å². The van der Waals surface area contributed by atoms with Crippen LogP contribution in [0.5, 0.6) is 0 Å². The van der Waals surface area contributed by atoms with Crippen LogP contribution in [0, 0.1) is 0 Å². The SMILES string of the molecule is CC(=O)N1CCN(Cc2ccc(NC(=O)[C@H](C)c3c(Cl)cccc3Cl)cc2)CC1. The number of halogens is 2. The number of hydrogen-bond acceptors (Lipinski definition) is 3. The van der Waals surface area contributed by atoms with Gasteiger partial charge in [-0.15, -0.1) is 0 Å². The zero-order chi connectivity index (χ0) is 21.0. The first kappa shape index (κ1) is 21.6. The predicted molar refractivity (Wildman–Crippen MR) is 117 cm³/mol. The number of amides is 2. The number of hydrogen-bond donors (Lipinski definition) is 1. The molecule has 154 valence electrons. The molecule has 7 heteroatoms. The summed E-state index contributed by atoms with van der Waals surface area (Å²) in [7, 11) is 0. The van der Waals surface area contributed by atoms with Crippen LogP contribution in [-0.2, 0) is 16.1 Å². The van der Waals surface area contributed by atoms with Crippen molar-refractivity contribution in [2.24, 2.45) is 0 Å². The highest BCUT2D eigenvalue weighted by Crippen LogP contribution is 2.32. The van der Waals surface area contributed by atoms with E-state index in [2.05, 4.69) is 10.2 Å². The van der Waals surface area contributed by atoms with Crippen molar-refractivity contribution in [2.45, 2.75) is 26.3 Å². The Morgan fingerprint density at radius 2 is 1.59 bits per heavy atom. The maximum absolute atomic E-state index is 12.6. The van der Waals surface area contributed by atoms with Gasteiger partial charge in [0, 0.05) is 60.9 Å². The Labute approximate surface area is 181 Å². The Hall–Kier alpha value is -2.08. The molecule has 0 aromatic heterocycles. The van der Waals surface area contributed by atoms with E-state index in [1.807, 2.05) is 29.2 Å². The Kier molecular flexibility index (Phi) is 7.17. The minimum absolute atomic E-state index is 0.136. The van der Waals surface area contributed by atoms with Gasteiger partial charge in [-0.2, -0.15) is 0 Å². The molecule has 2 aromatic rings. The van der Waals surface area contributed by atoms with Crippen molar-refractivity contribution in [3.05, 3.63) is 63.6 Å². The van der Waals surface area contributed by atoms with Crippen LogP contribution >= 0.6 is 23.2 Å². The Balaban J connectivity index is 1.56. The minimum Gasteiger partial charge on any atom is -0.340 e. The lowest BCUT2D eigenvalue weighted by Crippen LogP contribution is -2.47. The van der Waals surface area contributed by atoms with E-state index in [0.29, 0.717) is 15.6 Å². The van der Waals surface area contributed by atoms with Gasteiger partial charge in [0.1, 0.15) is 0 Å². The van der Waals surface area contributed by atoms with Crippen LogP contribution in [0.1, 0.15) is 30.9 Å². The molecular formula is C22H25Cl2N3O2. The van der Waals surface area contributed by atoms with E-state index in [4.69, 9.17) is 23.2 Å². The van der Waals surface area contributed by atoms with Crippen LogP contribution in [0.25, 0.3) is 0 Å².